The number of halogens is 1. The Labute approximate surface area is 219 Å². The molecule has 0 fully saturated rings. The summed E-state index contributed by atoms with van der Waals surface area (Å²) < 4.78 is 17.5. The molecular weight excluding hydrogens is 485 g/mol. The quantitative estimate of drug-likeness (QED) is 0.437. The number of hydrogen-bond acceptors (Lipinski definition) is 6. The minimum Gasteiger partial charge on any atom is -0.396 e. The van der Waals surface area contributed by atoms with E-state index in [1.807, 2.05) is 29.8 Å². The number of nitrogens with zero attached hydrogens (tertiary/aromatic N) is 6. The summed E-state index contributed by atoms with van der Waals surface area (Å²) in [6, 6.07) is 8.89. The van der Waals surface area contributed by atoms with Gasteiger partial charge >= 0.3 is 0 Å². The number of nitrogen functional groups attached to an aromatic ring is 1. The van der Waals surface area contributed by atoms with Crippen LogP contribution in [0, 0.1) is 5.82 Å². The van der Waals surface area contributed by atoms with Crippen molar-refractivity contribution in [2.75, 3.05) is 32.9 Å². The molecule has 0 spiro atoms. The lowest BCUT2D eigenvalue weighted by Crippen LogP contribution is -2.32. The number of nitrogens with two attached hydrogens (primary N) is 1. The molecule has 1 aliphatic heterocycles. The largest absolute Gasteiger partial charge is 0.396 e. The third kappa shape index (κ3) is 4.37. The molecule has 1 unspecified atom stereocenters. The van der Waals surface area contributed by atoms with Crippen molar-refractivity contribution in [1.82, 2.24) is 28.9 Å². The highest BCUT2D eigenvalue weighted by Crippen LogP contribution is 2.32. The number of carbonyl (C=O) groups excluding carboxylic acids is 1. The summed E-state index contributed by atoms with van der Waals surface area (Å²) in [5.74, 6) is -1.04. The maximum absolute atomic E-state index is 14.3. The molecule has 0 saturated heterocycles. The summed E-state index contributed by atoms with van der Waals surface area (Å²) in [5, 5.41) is 0.757. The maximum atomic E-state index is 14.3. The molecule has 10 heteroatoms. The third-order valence-electron chi connectivity index (χ3n) is 7.23. The molecular formula is C28H30FN7O2. The maximum Gasteiger partial charge on any atom is 0.293 e. The van der Waals surface area contributed by atoms with Crippen LogP contribution in [-0.4, -0.2) is 62.0 Å². The minimum atomic E-state index is -0.966. The van der Waals surface area contributed by atoms with Crippen molar-refractivity contribution in [3.8, 4) is 5.69 Å². The molecule has 5 heterocycles. The summed E-state index contributed by atoms with van der Waals surface area (Å²) in [4.78, 5) is 37.7. The minimum absolute atomic E-state index is 0.0628. The average molecular weight is 516 g/mol. The Morgan fingerprint density at radius 3 is 2.63 bits per heavy atom. The van der Waals surface area contributed by atoms with E-state index < -0.39 is 11.4 Å². The topological polar surface area (TPSA) is 102 Å². The molecule has 0 saturated carbocycles. The van der Waals surface area contributed by atoms with Crippen LogP contribution in [0.2, 0.25) is 0 Å². The molecule has 196 valence electrons. The van der Waals surface area contributed by atoms with Gasteiger partial charge < -0.3 is 15.2 Å². The summed E-state index contributed by atoms with van der Waals surface area (Å²) in [6.45, 7) is 3.71. The predicted octanol–water partition coefficient (Wildman–Crippen LogP) is 3.39. The standard InChI is InChI=1S/C28H30FN7O2/c1-17(35-12-8-18(9-13-35)22-6-5-19(16-32-22)27(37)33(2)3)24-15-20-23(7-11-31-26(20)34(24)4)36-14-10-21(30)25(29)28(36)38/h5-8,10-11,14-17H,9,12-13,30H2,1-4H3. The number of aryl methyl sites for hydroxylation is 1. The Kier molecular flexibility index (Phi) is 6.58. The third-order valence-corrected chi connectivity index (χ3v) is 7.23. The zero-order chi connectivity index (χ0) is 27.1. The van der Waals surface area contributed by atoms with Crippen LogP contribution >= 0.6 is 0 Å². The predicted molar refractivity (Wildman–Crippen MR) is 146 cm³/mol. The van der Waals surface area contributed by atoms with Gasteiger partial charge in [-0.15, -0.1) is 0 Å². The smallest absolute Gasteiger partial charge is 0.293 e. The van der Waals surface area contributed by atoms with Crippen LogP contribution in [0.25, 0.3) is 22.3 Å². The average Bonchev–Trinajstić information content (AvgIpc) is 3.28. The Bertz CT molecular complexity index is 1620. The fourth-order valence-corrected chi connectivity index (χ4v) is 4.98. The molecule has 38 heavy (non-hydrogen) atoms. The molecule has 0 aliphatic carbocycles. The highest BCUT2D eigenvalue weighted by Gasteiger charge is 2.24. The fraction of sp³-hybridized carbons (Fsp3) is 0.286. The van der Waals surface area contributed by atoms with Gasteiger partial charge in [0.1, 0.15) is 5.65 Å². The van der Waals surface area contributed by atoms with E-state index >= 15 is 0 Å². The van der Waals surface area contributed by atoms with Gasteiger partial charge in [0.25, 0.3) is 11.5 Å². The van der Waals surface area contributed by atoms with Gasteiger partial charge in [0.2, 0.25) is 5.82 Å². The molecule has 9 nitrogen and oxygen atoms in total. The van der Waals surface area contributed by atoms with E-state index in [4.69, 9.17) is 5.73 Å². The number of amides is 1. The van der Waals surface area contributed by atoms with Crippen LogP contribution < -0.4 is 11.3 Å². The normalized spacial score (nSPS) is 14.9. The summed E-state index contributed by atoms with van der Waals surface area (Å²) >= 11 is 0. The molecule has 0 radical (unpaired) electrons. The number of pyridine rings is 3. The van der Waals surface area contributed by atoms with Gasteiger partial charge in [0, 0.05) is 69.9 Å². The molecule has 1 aliphatic rings. The van der Waals surface area contributed by atoms with Crippen LogP contribution in [-0.2, 0) is 7.05 Å². The van der Waals surface area contributed by atoms with Gasteiger partial charge in [-0.3, -0.25) is 24.0 Å². The first-order valence-electron chi connectivity index (χ1n) is 12.4. The second-order valence-electron chi connectivity index (χ2n) is 9.74. The lowest BCUT2D eigenvalue weighted by atomic mass is 10.0. The molecule has 5 rings (SSSR count). The molecule has 4 aromatic heterocycles. The molecule has 0 aromatic carbocycles. The van der Waals surface area contributed by atoms with E-state index in [0.717, 1.165) is 41.9 Å². The Balaban J connectivity index is 1.40. The fourth-order valence-electron chi connectivity index (χ4n) is 4.98. The van der Waals surface area contributed by atoms with Crippen LogP contribution in [0.15, 0.2) is 59.8 Å². The van der Waals surface area contributed by atoms with Crippen molar-refractivity contribution in [2.24, 2.45) is 7.05 Å². The molecule has 1 atom stereocenters. The SMILES string of the molecule is CC(c1cc2c(-n3ccc(N)c(F)c3=O)ccnc2n1C)N1CC=C(c2ccc(C(=O)N(C)C)cn2)CC1. The van der Waals surface area contributed by atoms with Crippen molar-refractivity contribution in [3.05, 3.63) is 88.1 Å². The highest BCUT2D eigenvalue weighted by atomic mass is 19.1. The molecule has 4 aromatic rings. The van der Waals surface area contributed by atoms with Crippen LogP contribution in [0.5, 0.6) is 0 Å². The Hall–Kier alpha value is -4.31. The number of rotatable bonds is 5. The monoisotopic (exact) mass is 515 g/mol. The van der Waals surface area contributed by atoms with Crippen molar-refractivity contribution in [2.45, 2.75) is 19.4 Å². The van der Waals surface area contributed by atoms with Crippen molar-refractivity contribution in [1.29, 1.82) is 0 Å². The zero-order valence-corrected chi connectivity index (χ0v) is 21.8. The summed E-state index contributed by atoms with van der Waals surface area (Å²) in [6.07, 6.45) is 7.74. The summed E-state index contributed by atoms with van der Waals surface area (Å²) in [7, 11) is 5.39. The molecule has 1 amide bonds. The van der Waals surface area contributed by atoms with Gasteiger partial charge in [0.05, 0.1) is 22.6 Å². The number of fused-ring (bicyclic) bond motifs is 1. The van der Waals surface area contributed by atoms with Gasteiger partial charge in [-0.25, -0.2) is 4.98 Å². The second-order valence-corrected chi connectivity index (χ2v) is 9.74. The van der Waals surface area contributed by atoms with E-state index in [2.05, 4.69) is 27.9 Å². The van der Waals surface area contributed by atoms with Crippen molar-refractivity contribution < 1.29 is 9.18 Å². The van der Waals surface area contributed by atoms with Gasteiger partial charge in [0.15, 0.2) is 0 Å². The van der Waals surface area contributed by atoms with Gasteiger partial charge in [-0.2, -0.15) is 4.39 Å². The molecule has 2 N–H and O–H groups in total. The van der Waals surface area contributed by atoms with E-state index in [9.17, 15) is 14.0 Å². The van der Waals surface area contributed by atoms with E-state index in [0.29, 0.717) is 16.9 Å². The first-order valence-corrected chi connectivity index (χ1v) is 12.4. The Morgan fingerprint density at radius 1 is 1.18 bits per heavy atom. The van der Waals surface area contributed by atoms with Crippen molar-refractivity contribution in [3.63, 3.8) is 0 Å². The zero-order valence-electron chi connectivity index (χ0n) is 21.8. The number of hydrogen-bond donors (Lipinski definition) is 1. The lowest BCUT2D eigenvalue weighted by molar-refractivity contribution is 0.0827. The van der Waals surface area contributed by atoms with Gasteiger partial charge in [-0.05, 0) is 49.2 Å². The first kappa shape index (κ1) is 25.3. The number of aromatic nitrogens is 4. The number of carbonyl (C=O) groups is 1. The summed E-state index contributed by atoms with van der Waals surface area (Å²) in [5.41, 5.74) is 9.50. The van der Waals surface area contributed by atoms with E-state index in [1.54, 1.807) is 32.6 Å². The van der Waals surface area contributed by atoms with Crippen LogP contribution in [0.3, 0.4) is 0 Å². The van der Waals surface area contributed by atoms with Crippen LogP contribution in [0.4, 0.5) is 10.1 Å². The number of anilines is 1. The van der Waals surface area contributed by atoms with Crippen molar-refractivity contribution >= 4 is 28.2 Å². The van der Waals surface area contributed by atoms with E-state index in [1.165, 1.54) is 21.7 Å². The second kappa shape index (κ2) is 9.86. The van der Waals surface area contributed by atoms with Gasteiger partial charge in [-0.1, -0.05) is 6.08 Å². The van der Waals surface area contributed by atoms with Crippen LogP contribution in [0.1, 0.15) is 41.1 Å². The van der Waals surface area contributed by atoms with E-state index in [-0.39, 0.29) is 17.6 Å². The lowest BCUT2D eigenvalue weighted by Gasteiger charge is -2.32. The molecule has 0 bridgehead atoms. The first-order chi connectivity index (χ1) is 18.2. The highest BCUT2D eigenvalue weighted by molar-refractivity contribution is 5.93. The Morgan fingerprint density at radius 2 is 1.97 bits per heavy atom.